The van der Waals surface area contributed by atoms with Crippen molar-refractivity contribution in [1.29, 1.82) is 0 Å². The molecule has 0 aromatic rings. The van der Waals surface area contributed by atoms with Gasteiger partial charge >= 0.3 is 21.5 Å². The van der Waals surface area contributed by atoms with Gasteiger partial charge in [-0.1, -0.05) is 0 Å². The number of amides is 1. The standard InChI is InChI=1S/C13H14F5NO4S/c14-12(15,16)13(17,18)24(22,23)19-10(21)11-3-6-1-7(4-11)9(20)8(2-6)5-11/h6-8H,1-5H2,(H,19,21). The van der Waals surface area contributed by atoms with Crippen molar-refractivity contribution in [1.82, 2.24) is 4.72 Å². The number of alkyl halides is 5. The molecule has 4 saturated carbocycles. The van der Waals surface area contributed by atoms with E-state index >= 15 is 0 Å². The highest BCUT2D eigenvalue weighted by atomic mass is 32.2. The third-order valence-electron chi connectivity index (χ3n) is 5.37. The quantitative estimate of drug-likeness (QED) is 0.765. The van der Waals surface area contributed by atoms with Gasteiger partial charge in [-0.2, -0.15) is 30.4 Å². The van der Waals surface area contributed by atoms with Gasteiger partial charge in [-0.15, -0.1) is 0 Å². The lowest BCUT2D eigenvalue weighted by Gasteiger charge is -2.54. The number of carbonyl (C=O) groups excluding carboxylic acids is 2. The van der Waals surface area contributed by atoms with Crippen molar-refractivity contribution in [3.63, 3.8) is 0 Å². The maximum Gasteiger partial charge on any atom is 0.471 e. The Morgan fingerprint density at radius 2 is 1.54 bits per heavy atom. The number of Topliss-reactive ketones (excluding diaryl/α,β-unsaturated/α-hetero) is 1. The molecule has 0 aromatic heterocycles. The van der Waals surface area contributed by atoms with Crippen molar-refractivity contribution < 1.29 is 40.0 Å². The first-order valence-electron chi connectivity index (χ1n) is 7.34. The SMILES string of the molecule is O=C1C2CC3CC1CC(C(=O)NS(=O)(=O)C(F)(F)C(F)(F)F)(C3)C2. The van der Waals surface area contributed by atoms with Gasteiger partial charge in [-0.3, -0.25) is 9.59 Å². The van der Waals surface area contributed by atoms with E-state index in [0.717, 1.165) is 4.72 Å². The van der Waals surface area contributed by atoms with Crippen molar-refractivity contribution in [2.24, 2.45) is 23.2 Å². The first-order chi connectivity index (χ1) is 10.8. The van der Waals surface area contributed by atoms with Crippen molar-refractivity contribution in [3.05, 3.63) is 0 Å². The van der Waals surface area contributed by atoms with Crippen LogP contribution in [0.25, 0.3) is 0 Å². The smallest absolute Gasteiger partial charge is 0.299 e. The van der Waals surface area contributed by atoms with Gasteiger partial charge in [-0.05, 0) is 38.0 Å². The number of ketones is 1. The summed E-state index contributed by atoms with van der Waals surface area (Å²) in [4.78, 5) is 24.3. The Labute approximate surface area is 134 Å². The van der Waals surface area contributed by atoms with E-state index in [2.05, 4.69) is 0 Å². The van der Waals surface area contributed by atoms with Gasteiger partial charge in [0.25, 0.3) is 0 Å². The van der Waals surface area contributed by atoms with Crippen LogP contribution in [0.3, 0.4) is 0 Å². The molecule has 0 aromatic carbocycles. The molecule has 5 nitrogen and oxygen atoms in total. The molecule has 0 saturated heterocycles. The summed E-state index contributed by atoms with van der Waals surface area (Å²) in [7, 11) is -6.27. The van der Waals surface area contributed by atoms with Gasteiger partial charge in [-0.25, -0.2) is 4.72 Å². The molecule has 0 heterocycles. The second kappa shape index (κ2) is 4.89. The number of nitrogens with one attached hydrogen (secondary N) is 1. The summed E-state index contributed by atoms with van der Waals surface area (Å²) in [5.41, 5.74) is -1.36. The van der Waals surface area contributed by atoms with E-state index in [1.54, 1.807) is 0 Å². The Bertz CT molecular complexity index is 684. The number of sulfonamides is 1. The van der Waals surface area contributed by atoms with Gasteiger partial charge in [0, 0.05) is 11.8 Å². The molecule has 0 aliphatic heterocycles. The van der Waals surface area contributed by atoms with Crippen LogP contribution in [0.1, 0.15) is 32.1 Å². The number of hydrogen-bond acceptors (Lipinski definition) is 4. The van der Waals surface area contributed by atoms with Crippen molar-refractivity contribution in [3.8, 4) is 0 Å². The Kier molecular flexibility index (Phi) is 3.58. The van der Waals surface area contributed by atoms with Gasteiger partial charge in [0.05, 0.1) is 5.41 Å². The second-order valence-electron chi connectivity index (χ2n) is 6.98. The van der Waals surface area contributed by atoms with Crippen LogP contribution in [-0.4, -0.2) is 31.5 Å². The number of carbonyl (C=O) groups is 2. The number of rotatable bonds is 3. The van der Waals surface area contributed by atoms with E-state index in [1.807, 2.05) is 0 Å². The van der Waals surface area contributed by atoms with Crippen LogP contribution in [0.4, 0.5) is 22.0 Å². The minimum atomic E-state index is -6.34. The molecule has 4 bridgehead atoms. The zero-order valence-electron chi connectivity index (χ0n) is 12.2. The summed E-state index contributed by atoms with van der Waals surface area (Å²) in [6, 6.07) is 0. The first kappa shape index (κ1) is 17.6. The normalized spacial score (nSPS) is 36.0. The highest BCUT2D eigenvalue weighted by Crippen LogP contribution is 2.58. The molecule has 4 aliphatic rings. The summed E-state index contributed by atoms with van der Waals surface area (Å²) in [5.74, 6) is -2.31. The van der Waals surface area contributed by atoms with Crippen LogP contribution in [0.5, 0.6) is 0 Å². The average Bonchev–Trinajstić information content (AvgIpc) is 2.41. The zero-order chi connectivity index (χ0) is 18.1. The molecule has 0 radical (unpaired) electrons. The number of halogens is 5. The summed E-state index contributed by atoms with van der Waals surface area (Å²) >= 11 is 0. The van der Waals surface area contributed by atoms with Crippen molar-refractivity contribution in [2.45, 2.75) is 43.5 Å². The summed E-state index contributed by atoms with van der Waals surface area (Å²) in [5, 5.41) is -6.08. The van der Waals surface area contributed by atoms with E-state index in [0.29, 0.717) is 12.8 Å². The van der Waals surface area contributed by atoms with Crippen LogP contribution < -0.4 is 4.72 Å². The fraction of sp³-hybridized carbons (Fsp3) is 0.846. The fourth-order valence-corrected chi connectivity index (χ4v) is 5.37. The lowest BCUT2D eigenvalue weighted by molar-refractivity contribution is -0.241. The molecule has 4 aliphatic carbocycles. The van der Waals surface area contributed by atoms with Crippen LogP contribution >= 0.6 is 0 Å². The van der Waals surface area contributed by atoms with Crippen LogP contribution in [0.15, 0.2) is 0 Å². The zero-order valence-corrected chi connectivity index (χ0v) is 13.0. The number of hydrogen-bond donors (Lipinski definition) is 1. The molecule has 11 heteroatoms. The molecule has 1 N–H and O–H groups in total. The van der Waals surface area contributed by atoms with Crippen molar-refractivity contribution >= 4 is 21.7 Å². The molecular formula is C13H14F5NO4S. The van der Waals surface area contributed by atoms with Gasteiger partial charge in [0.2, 0.25) is 5.91 Å². The molecular weight excluding hydrogens is 361 g/mol. The van der Waals surface area contributed by atoms with Crippen molar-refractivity contribution in [2.75, 3.05) is 0 Å². The fourth-order valence-electron chi connectivity index (χ4n) is 4.47. The second-order valence-corrected chi connectivity index (χ2v) is 8.70. The molecule has 0 spiro atoms. The minimum absolute atomic E-state index is 0.00221. The maximum atomic E-state index is 13.1. The van der Waals surface area contributed by atoms with Crippen LogP contribution in [0, 0.1) is 23.2 Å². The van der Waals surface area contributed by atoms with E-state index in [-0.39, 0.29) is 31.0 Å². The Morgan fingerprint density at radius 1 is 1.04 bits per heavy atom. The molecule has 2 unspecified atom stereocenters. The summed E-state index contributed by atoms with van der Waals surface area (Å²) in [6.07, 6.45) is -5.04. The highest BCUT2D eigenvalue weighted by molar-refractivity contribution is 7.91. The maximum absolute atomic E-state index is 13.1. The van der Waals surface area contributed by atoms with Crippen LogP contribution in [0.2, 0.25) is 0 Å². The molecule has 2 atom stereocenters. The monoisotopic (exact) mass is 375 g/mol. The summed E-state index contributed by atoms with van der Waals surface area (Å²) < 4.78 is 86.8. The summed E-state index contributed by atoms with van der Waals surface area (Å²) in [6.45, 7) is 0. The minimum Gasteiger partial charge on any atom is -0.299 e. The molecule has 4 fully saturated rings. The molecule has 4 rings (SSSR count). The van der Waals surface area contributed by atoms with Gasteiger partial charge in [0.15, 0.2) is 0 Å². The molecule has 136 valence electrons. The van der Waals surface area contributed by atoms with E-state index < -0.39 is 44.6 Å². The predicted molar refractivity (Wildman–Crippen MR) is 69.1 cm³/mol. The molecule has 1 amide bonds. The van der Waals surface area contributed by atoms with Crippen LogP contribution in [-0.2, 0) is 19.6 Å². The third-order valence-corrected chi connectivity index (χ3v) is 6.73. The van der Waals surface area contributed by atoms with E-state index in [4.69, 9.17) is 0 Å². The van der Waals surface area contributed by atoms with E-state index in [9.17, 15) is 40.0 Å². The topological polar surface area (TPSA) is 80.3 Å². The van der Waals surface area contributed by atoms with E-state index in [1.165, 1.54) is 0 Å². The predicted octanol–water partition coefficient (Wildman–Crippen LogP) is 1.98. The lowest BCUT2D eigenvalue weighted by Crippen LogP contribution is -2.60. The lowest BCUT2D eigenvalue weighted by atomic mass is 9.49. The van der Waals surface area contributed by atoms with Gasteiger partial charge < -0.3 is 0 Å². The Balaban J connectivity index is 1.85. The Hall–Kier alpha value is -1.26. The Morgan fingerprint density at radius 3 is 2.00 bits per heavy atom. The van der Waals surface area contributed by atoms with Gasteiger partial charge in [0.1, 0.15) is 5.78 Å². The third kappa shape index (κ3) is 2.34. The highest BCUT2D eigenvalue weighted by Gasteiger charge is 2.69. The average molecular weight is 375 g/mol. The molecule has 24 heavy (non-hydrogen) atoms. The largest absolute Gasteiger partial charge is 0.471 e. The first-order valence-corrected chi connectivity index (χ1v) is 8.82.